The third kappa shape index (κ3) is 2.66. The molecule has 0 spiro atoms. The summed E-state index contributed by atoms with van der Waals surface area (Å²) < 4.78 is 1.01. The maximum Gasteiger partial charge on any atom is 0.222 e. The highest BCUT2D eigenvalue weighted by Gasteiger charge is 1.96. The van der Waals surface area contributed by atoms with Gasteiger partial charge in [-0.1, -0.05) is 29.8 Å². The number of benzene rings is 1. The maximum atomic E-state index is 5.62. The van der Waals surface area contributed by atoms with Crippen LogP contribution in [0.2, 0.25) is 5.28 Å². The lowest BCUT2D eigenvalue weighted by atomic mass is 10.2. The van der Waals surface area contributed by atoms with E-state index in [0.29, 0.717) is 0 Å². The van der Waals surface area contributed by atoms with Gasteiger partial charge in [0.05, 0.1) is 5.52 Å². The largest absolute Gasteiger partial charge is 0.226 e. The zero-order valence-electron chi connectivity index (χ0n) is 7.96. The van der Waals surface area contributed by atoms with Crippen LogP contribution in [0.5, 0.6) is 0 Å². The van der Waals surface area contributed by atoms with Crippen LogP contribution in [-0.4, -0.2) is 9.97 Å². The Hall–Kier alpha value is -0.670. The van der Waals surface area contributed by atoms with Gasteiger partial charge in [0.25, 0.3) is 0 Å². The summed E-state index contributed by atoms with van der Waals surface area (Å²) in [5, 5.41) is 1.26. The van der Waals surface area contributed by atoms with Gasteiger partial charge >= 0.3 is 0 Å². The fourth-order valence-corrected chi connectivity index (χ4v) is 1.50. The van der Waals surface area contributed by atoms with Gasteiger partial charge in [-0.2, -0.15) is 0 Å². The molecule has 0 unspecified atom stereocenters. The van der Waals surface area contributed by atoms with E-state index < -0.39 is 0 Å². The van der Waals surface area contributed by atoms with Gasteiger partial charge in [-0.3, -0.25) is 0 Å². The highest BCUT2D eigenvalue weighted by atomic mass is 79.9. The molecule has 2 rings (SSSR count). The minimum Gasteiger partial charge on any atom is -0.226 e. The Balaban J connectivity index is 0.000000461. The standard InChI is InChI=1S/C8H4BrClN2.C2H6/c9-6-1-2-7-5(3-6)4-11-8(10)12-7;1-2/h1-4H;1-2H3. The summed E-state index contributed by atoms with van der Waals surface area (Å²) in [6.07, 6.45) is 1.70. The molecule has 0 aliphatic rings. The van der Waals surface area contributed by atoms with Crippen LogP contribution in [0.4, 0.5) is 0 Å². The molecule has 1 heterocycles. The molecule has 0 saturated heterocycles. The van der Waals surface area contributed by atoms with Crippen molar-refractivity contribution in [2.45, 2.75) is 13.8 Å². The molecule has 14 heavy (non-hydrogen) atoms. The molecule has 0 aliphatic carbocycles. The number of nitrogens with zero attached hydrogens (tertiary/aromatic N) is 2. The van der Waals surface area contributed by atoms with Crippen molar-refractivity contribution in [2.24, 2.45) is 0 Å². The molecule has 0 amide bonds. The predicted molar refractivity (Wildman–Crippen MR) is 63.6 cm³/mol. The summed E-state index contributed by atoms with van der Waals surface area (Å²) in [6.45, 7) is 4.00. The monoisotopic (exact) mass is 272 g/mol. The average Bonchev–Trinajstić information content (AvgIpc) is 2.21. The molecule has 0 fully saturated rings. The molecule has 2 nitrogen and oxygen atoms in total. The summed E-state index contributed by atoms with van der Waals surface area (Å²) in [6, 6.07) is 5.77. The number of hydrogen-bond donors (Lipinski definition) is 0. The first-order chi connectivity index (χ1) is 6.75. The molecule has 0 radical (unpaired) electrons. The first-order valence-electron chi connectivity index (χ1n) is 4.33. The molecule has 0 aliphatic heterocycles. The third-order valence-corrected chi connectivity index (χ3v) is 2.19. The van der Waals surface area contributed by atoms with Crippen LogP contribution in [0.25, 0.3) is 10.9 Å². The number of rotatable bonds is 0. The Morgan fingerprint density at radius 1 is 1.29 bits per heavy atom. The van der Waals surface area contributed by atoms with Gasteiger partial charge in [0.15, 0.2) is 0 Å². The maximum absolute atomic E-state index is 5.62. The highest BCUT2D eigenvalue weighted by molar-refractivity contribution is 9.10. The molecule has 4 heteroatoms. The van der Waals surface area contributed by atoms with Crippen LogP contribution in [0, 0.1) is 0 Å². The number of hydrogen-bond acceptors (Lipinski definition) is 2. The smallest absolute Gasteiger partial charge is 0.222 e. The summed E-state index contributed by atoms with van der Waals surface area (Å²) in [4.78, 5) is 7.93. The molecular weight excluding hydrogens is 263 g/mol. The minimum atomic E-state index is 0.282. The topological polar surface area (TPSA) is 25.8 Å². The SMILES string of the molecule is CC.Clc1ncc2cc(Br)ccc2n1. The van der Waals surface area contributed by atoms with E-state index in [0.717, 1.165) is 15.4 Å². The van der Waals surface area contributed by atoms with Crippen LogP contribution in [0.3, 0.4) is 0 Å². The van der Waals surface area contributed by atoms with E-state index in [4.69, 9.17) is 11.6 Å². The Morgan fingerprint density at radius 2 is 2.00 bits per heavy atom. The summed E-state index contributed by atoms with van der Waals surface area (Å²) >= 11 is 8.99. The molecule has 0 atom stereocenters. The third-order valence-electron chi connectivity index (χ3n) is 1.51. The van der Waals surface area contributed by atoms with Gasteiger partial charge < -0.3 is 0 Å². The van der Waals surface area contributed by atoms with Gasteiger partial charge in [0.1, 0.15) is 0 Å². The first-order valence-corrected chi connectivity index (χ1v) is 5.50. The van der Waals surface area contributed by atoms with E-state index in [1.54, 1.807) is 6.20 Å². The Kier molecular flexibility index (Phi) is 4.29. The van der Waals surface area contributed by atoms with Gasteiger partial charge in [0.2, 0.25) is 5.28 Å². The van der Waals surface area contributed by atoms with E-state index in [-0.39, 0.29) is 5.28 Å². The summed E-state index contributed by atoms with van der Waals surface area (Å²) in [5.74, 6) is 0. The fraction of sp³-hybridized carbons (Fsp3) is 0.200. The molecule has 74 valence electrons. The van der Waals surface area contributed by atoms with Crippen molar-refractivity contribution in [3.05, 3.63) is 34.2 Å². The second-order valence-corrected chi connectivity index (χ2v) is 3.60. The second-order valence-electron chi connectivity index (χ2n) is 2.34. The van der Waals surface area contributed by atoms with Crippen LogP contribution >= 0.6 is 27.5 Å². The molecule has 2 aromatic rings. The van der Waals surface area contributed by atoms with Crippen LogP contribution in [0.15, 0.2) is 28.9 Å². The van der Waals surface area contributed by atoms with Gasteiger partial charge in [-0.15, -0.1) is 0 Å². The molecule has 0 N–H and O–H groups in total. The normalized spacial score (nSPS) is 9.43. The Bertz CT molecular complexity index is 390. The number of aromatic nitrogens is 2. The zero-order valence-corrected chi connectivity index (χ0v) is 10.3. The van der Waals surface area contributed by atoms with Gasteiger partial charge in [0, 0.05) is 16.1 Å². The molecule has 0 bridgehead atoms. The lowest BCUT2D eigenvalue weighted by molar-refractivity contribution is 1.22. The Labute approximate surface area is 96.5 Å². The van der Waals surface area contributed by atoms with Crippen molar-refractivity contribution in [2.75, 3.05) is 0 Å². The molecule has 1 aromatic carbocycles. The molecule has 0 saturated carbocycles. The van der Waals surface area contributed by atoms with Crippen molar-refractivity contribution in [1.82, 2.24) is 9.97 Å². The van der Waals surface area contributed by atoms with Crippen LogP contribution in [-0.2, 0) is 0 Å². The fourth-order valence-electron chi connectivity index (χ4n) is 0.982. The lowest BCUT2D eigenvalue weighted by Crippen LogP contribution is -1.82. The summed E-state index contributed by atoms with van der Waals surface area (Å²) in [7, 11) is 0. The van der Waals surface area contributed by atoms with E-state index in [9.17, 15) is 0 Å². The number of fused-ring (bicyclic) bond motifs is 1. The first kappa shape index (κ1) is 11.4. The summed E-state index contributed by atoms with van der Waals surface area (Å²) in [5.41, 5.74) is 0.859. The van der Waals surface area contributed by atoms with Crippen molar-refractivity contribution in [3.63, 3.8) is 0 Å². The Morgan fingerprint density at radius 3 is 2.71 bits per heavy atom. The lowest BCUT2D eigenvalue weighted by Gasteiger charge is -1.96. The van der Waals surface area contributed by atoms with Gasteiger partial charge in [-0.25, -0.2) is 9.97 Å². The zero-order chi connectivity index (χ0) is 10.6. The molecule has 1 aromatic heterocycles. The van der Waals surface area contributed by atoms with Crippen molar-refractivity contribution in [3.8, 4) is 0 Å². The van der Waals surface area contributed by atoms with E-state index in [1.165, 1.54) is 0 Å². The van der Waals surface area contributed by atoms with Crippen LogP contribution in [0.1, 0.15) is 13.8 Å². The predicted octanol–water partition coefficient (Wildman–Crippen LogP) is 4.07. The van der Waals surface area contributed by atoms with Crippen molar-refractivity contribution < 1.29 is 0 Å². The van der Waals surface area contributed by atoms with Crippen molar-refractivity contribution >= 4 is 38.4 Å². The second kappa shape index (κ2) is 5.27. The average molecular weight is 274 g/mol. The van der Waals surface area contributed by atoms with E-state index in [2.05, 4.69) is 25.9 Å². The van der Waals surface area contributed by atoms with E-state index >= 15 is 0 Å². The van der Waals surface area contributed by atoms with Crippen LogP contribution < -0.4 is 0 Å². The number of halogens is 2. The van der Waals surface area contributed by atoms with E-state index in [1.807, 2.05) is 32.0 Å². The quantitative estimate of drug-likeness (QED) is 0.676. The molecular formula is C10H10BrClN2. The van der Waals surface area contributed by atoms with Gasteiger partial charge in [-0.05, 0) is 29.8 Å². The highest BCUT2D eigenvalue weighted by Crippen LogP contribution is 2.18. The minimum absolute atomic E-state index is 0.282. The van der Waals surface area contributed by atoms with Crippen molar-refractivity contribution in [1.29, 1.82) is 0 Å².